The number of benzene rings is 1. The predicted octanol–water partition coefficient (Wildman–Crippen LogP) is 2.87. The maximum absolute atomic E-state index is 9.14. The normalized spacial score (nSPS) is 14.9. The molecule has 2 N–H and O–H groups in total. The highest BCUT2D eigenvalue weighted by atomic mass is 79.9. The van der Waals surface area contributed by atoms with Crippen LogP contribution >= 0.6 is 15.9 Å². The fraction of sp³-hybridized carbons (Fsp3) is 0.500. The van der Waals surface area contributed by atoms with Gasteiger partial charge in [0.2, 0.25) is 0 Å². The highest BCUT2D eigenvalue weighted by molar-refractivity contribution is 9.10. The van der Waals surface area contributed by atoms with E-state index in [0.717, 1.165) is 17.4 Å². The van der Waals surface area contributed by atoms with Gasteiger partial charge in [0, 0.05) is 10.5 Å². The summed E-state index contributed by atoms with van der Waals surface area (Å²) in [5, 5.41) is 12.5. The molecule has 0 heterocycles. The number of hydrogen-bond donors (Lipinski definition) is 2. The molecule has 0 aliphatic rings. The summed E-state index contributed by atoms with van der Waals surface area (Å²) in [7, 11) is 0. The first-order valence-electron chi connectivity index (χ1n) is 5.27. The molecule has 0 radical (unpaired) electrons. The van der Waals surface area contributed by atoms with Crippen LogP contribution in [0.15, 0.2) is 28.7 Å². The SMILES string of the molecule is C[C@H](O)CCN[C@H](C)c1ccccc1Br. The average molecular weight is 272 g/mol. The fourth-order valence-electron chi connectivity index (χ4n) is 1.44. The minimum Gasteiger partial charge on any atom is -0.393 e. The lowest BCUT2D eigenvalue weighted by Crippen LogP contribution is -2.22. The lowest BCUT2D eigenvalue weighted by molar-refractivity contribution is 0.182. The van der Waals surface area contributed by atoms with Crippen molar-refractivity contribution in [3.8, 4) is 0 Å². The van der Waals surface area contributed by atoms with Crippen LogP contribution in [0.4, 0.5) is 0 Å². The van der Waals surface area contributed by atoms with Crippen molar-refractivity contribution >= 4 is 15.9 Å². The van der Waals surface area contributed by atoms with Gasteiger partial charge >= 0.3 is 0 Å². The molecule has 0 spiro atoms. The number of aliphatic hydroxyl groups is 1. The Bertz CT molecular complexity index is 301. The van der Waals surface area contributed by atoms with Gasteiger partial charge in [-0.25, -0.2) is 0 Å². The van der Waals surface area contributed by atoms with E-state index in [0.29, 0.717) is 6.04 Å². The van der Waals surface area contributed by atoms with E-state index >= 15 is 0 Å². The molecule has 15 heavy (non-hydrogen) atoms. The van der Waals surface area contributed by atoms with Crippen LogP contribution in [0.3, 0.4) is 0 Å². The van der Waals surface area contributed by atoms with Crippen LogP contribution in [0.5, 0.6) is 0 Å². The summed E-state index contributed by atoms with van der Waals surface area (Å²) >= 11 is 3.53. The molecule has 84 valence electrons. The monoisotopic (exact) mass is 271 g/mol. The van der Waals surface area contributed by atoms with E-state index in [9.17, 15) is 0 Å². The Labute approximate surface area is 99.8 Å². The summed E-state index contributed by atoms with van der Waals surface area (Å²) in [5.41, 5.74) is 1.25. The van der Waals surface area contributed by atoms with Crippen molar-refractivity contribution in [2.75, 3.05) is 6.54 Å². The Morgan fingerprint density at radius 1 is 1.33 bits per heavy atom. The Balaban J connectivity index is 2.47. The van der Waals surface area contributed by atoms with Gasteiger partial charge < -0.3 is 10.4 Å². The van der Waals surface area contributed by atoms with Crippen LogP contribution in [0.25, 0.3) is 0 Å². The third kappa shape index (κ3) is 4.33. The molecule has 1 rings (SSSR count). The zero-order chi connectivity index (χ0) is 11.3. The Hall–Kier alpha value is -0.380. The first kappa shape index (κ1) is 12.7. The summed E-state index contributed by atoms with van der Waals surface area (Å²) in [6, 6.07) is 8.49. The largest absolute Gasteiger partial charge is 0.393 e. The average Bonchev–Trinajstić information content (AvgIpc) is 2.17. The van der Waals surface area contributed by atoms with E-state index in [1.807, 2.05) is 25.1 Å². The summed E-state index contributed by atoms with van der Waals surface area (Å²) in [6.45, 7) is 4.77. The van der Waals surface area contributed by atoms with Gasteiger partial charge in [0.1, 0.15) is 0 Å². The van der Waals surface area contributed by atoms with Gasteiger partial charge in [-0.15, -0.1) is 0 Å². The number of hydrogen-bond acceptors (Lipinski definition) is 2. The van der Waals surface area contributed by atoms with Gasteiger partial charge in [0.25, 0.3) is 0 Å². The molecule has 2 nitrogen and oxygen atoms in total. The summed E-state index contributed by atoms with van der Waals surface area (Å²) in [6.07, 6.45) is 0.554. The minimum atomic E-state index is -0.232. The highest BCUT2D eigenvalue weighted by Crippen LogP contribution is 2.22. The van der Waals surface area contributed by atoms with Crippen LogP contribution in [-0.2, 0) is 0 Å². The van der Waals surface area contributed by atoms with E-state index in [-0.39, 0.29) is 6.10 Å². The smallest absolute Gasteiger partial charge is 0.0524 e. The first-order chi connectivity index (χ1) is 7.11. The third-order valence-corrected chi connectivity index (χ3v) is 3.11. The van der Waals surface area contributed by atoms with Crippen LogP contribution in [0.1, 0.15) is 31.9 Å². The van der Waals surface area contributed by atoms with E-state index in [1.54, 1.807) is 0 Å². The van der Waals surface area contributed by atoms with Crippen LogP contribution in [0.2, 0.25) is 0 Å². The molecule has 0 aromatic heterocycles. The second-order valence-electron chi connectivity index (χ2n) is 3.84. The molecule has 0 unspecified atom stereocenters. The Kier molecular flexibility index (Phi) is 5.29. The van der Waals surface area contributed by atoms with Crippen molar-refractivity contribution in [2.45, 2.75) is 32.4 Å². The van der Waals surface area contributed by atoms with E-state index in [1.165, 1.54) is 5.56 Å². The Morgan fingerprint density at radius 2 is 2.00 bits per heavy atom. The van der Waals surface area contributed by atoms with Crippen molar-refractivity contribution in [2.24, 2.45) is 0 Å². The second kappa shape index (κ2) is 6.26. The zero-order valence-electron chi connectivity index (χ0n) is 9.20. The molecule has 0 aliphatic carbocycles. The van der Waals surface area contributed by atoms with Crippen LogP contribution in [-0.4, -0.2) is 17.8 Å². The molecule has 0 amide bonds. The van der Waals surface area contributed by atoms with Crippen molar-refractivity contribution in [1.82, 2.24) is 5.32 Å². The van der Waals surface area contributed by atoms with Crippen molar-refractivity contribution in [3.63, 3.8) is 0 Å². The van der Waals surface area contributed by atoms with Gasteiger partial charge in [0.05, 0.1) is 6.10 Å². The zero-order valence-corrected chi connectivity index (χ0v) is 10.8. The highest BCUT2D eigenvalue weighted by Gasteiger charge is 2.07. The maximum Gasteiger partial charge on any atom is 0.0524 e. The molecule has 0 saturated heterocycles. The van der Waals surface area contributed by atoms with E-state index in [4.69, 9.17) is 5.11 Å². The van der Waals surface area contributed by atoms with Crippen molar-refractivity contribution < 1.29 is 5.11 Å². The lowest BCUT2D eigenvalue weighted by Gasteiger charge is -2.16. The minimum absolute atomic E-state index is 0.232. The maximum atomic E-state index is 9.14. The number of aliphatic hydroxyl groups excluding tert-OH is 1. The standard InChI is InChI=1S/C12H18BrNO/c1-9(15)7-8-14-10(2)11-5-3-4-6-12(11)13/h3-6,9-10,14-15H,7-8H2,1-2H3/t9-,10+/m0/s1. The first-order valence-corrected chi connectivity index (χ1v) is 6.06. The van der Waals surface area contributed by atoms with Gasteiger partial charge in [-0.05, 0) is 38.4 Å². The summed E-state index contributed by atoms with van der Waals surface area (Å²) in [4.78, 5) is 0. The second-order valence-corrected chi connectivity index (χ2v) is 4.69. The van der Waals surface area contributed by atoms with Gasteiger partial charge in [-0.2, -0.15) is 0 Å². The molecule has 0 saturated carbocycles. The molecular weight excluding hydrogens is 254 g/mol. The van der Waals surface area contributed by atoms with Crippen molar-refractivity contribution in [1.29, 1.82) is 0 Å². The van der Waals surface area contributed by atoms with Gasteiger partial charge in [0.15, 0.2) is 0 Å². The Morgan fingerprint density at radius 3 is 2.60 bits per heavy atom. The number of rotatable bonds is 5. The molecule has 0 bridgehead atoms. The van der Waals surface area contributed by atoms with E-state index < -0.39 is 0 Å². The van der Waals surface area contributed by atoms with Crippen LogP contribution in [0, 0.1) is 0 Å². The summed E-state index contributed by atoms with van der Waals surface area (Å²) < 4.78 is 1.13. The van der Waals surface area contributed by atoms with Crippen molar-refractivity contribution in [3.05, 3.63) is 34.3 Å². The fourth-order valence-corrected chi connectivity index (χ4v) is 2.07. The molecular formula is C12H18BrNO. The van der Waals surface area contributed by atoms with Gasteiger partial charge in [-0.3, -0.25) is 0 Å². The number of nitrogens with one attached hydrogen (secondary N) is 1. The topological polar surface area (TPSA) is 32.3 Å². The predicted molar refractivity (Wildman–Crippen MR) is 66.9 cm³/mol. The number of halogens is 1. The van der Waals surface area contributed by atoms with Gasteiger partial charge in [-0.1, -0.05) is 34.1 Å². The summed E-state index contributed by atoms with van der Waals surface area (Å²) in [5.74, 6) is 0. The van der Waals surface area contributed by atoms with Crippen LogP contribution < -0.4 is 5.32 Å². The molecule has 0 aliphatic heterocycles. The molecule has 1 aromatic carbocycles. The molecule has 0 fully saturated rings. The molecule has 1 aromatic rings. The van der Waals surface area contributed by atoms with E-state index in [2.05, 4.69) is 34.2 Å². The lowest BCUT2D eigenvalue weighted by atomic mass is 10.1. The molecule has 3 heteroatoms. The third-order valence-electron chi connectivity index (χ3n) is 2.38. The molecule has 2 atom stereocenters. The quantitative estimate of drug-likeness (QED) is 0.863.